The van der Waals surface area contributed by atoms with Gasteiger partial charge in [0.25, 0.3) is 5.91 Å². The summed E-state index contributed by atoms with van der Waals surface area (Å²) in [6.07, 6.45) is 3.38. The molecular weight excluding hydrogens is 344 g/mol. The first-order chi connectivity index (χ1) is 13.1. The highest BCUT2D eigenvalue weighted by atomic mass is 16.5. The third-order valence-electron chi connectivity index (χ3n) is 3.88. The van der Waals surface area contributed by atoms with Crippen LogP contribution in [0.1, 0.15) is 27.5 Å². The van der Waals surface area contributed by atoms with E-state index in [0.29, 0.717) is 23.5 Å². The summed E-state index contributed by atoms with van der Waals surface area (Å²) in [7, 11) is 0. The van der Waals surface area contributed by atoms with Gasteiger partial charge in [-0.05, 0) is 29.8 Å². The van der Waals surface area contributed by atoms with Gasteiger partial charge < -0.3 is 15.2 Å². The number of nitrogens with one attached hydrogen (secondary N) is 1. The molecule has 0 radical (unpaired) electrons. The first-order valence-electron chi connectivity index (χ1n) is 8.34. The Hall–Kier alpha value is -3.67. The van der Waals surface area contributed by atoms with Gasteiger partial charge in [0.05, 0.1) is 0 Å². The molecule has 0 saturated heterocycles. The minimum Gasteiger partial charge on any atom is -0.489 e. The Morgan fingerprint density at radius 2 is 1.85 bits per heavy atom. The molecule has 0 bridgehead atoms. The van der Waals surface area contributed by atoms with E-state index in [0.717, 1.165) is 5.56 Å². The van der Waals surface area contributed by atoms with Crippen LogP contribution in [0.5, 0.6) is 5.75 Å². The number of carboxylic acids is 1. The highest BCUT2D eigenvalue weighted by molar-refractivity contribution is 5.97. The second kappa shape index (κ2) is 8.62. The molecule has 1 heterocycles. The lowest BCUT2D eigenvalue weighted by molar-refractivity contribution is -0.139. The van der Waals surface area contributed by atoms with Crippen LogP contribution in [-0.4, -0.2) is 22.0 Å². The average Bonchev–Trinajstić information content (AvgIpc) is 2.71. The third kappa shape index (κ3) is 4.92. The van der Waals surface area contributed by atoms with Crippen LogP contribution in [0.3, 0.4) is 0 Å². The van der Waals surface area contributed by atoms with Gasteiger partial charge in [-0.15, -0.1) is 0 Å². The van der Waals surface area contributed by atoms with Gasteiger partial charge in [0.1, 0.15) is 12.4 Å². The second-order valence-electron chi connectivity index (χ2n) is 5.83. The minimum atomic E-state index is -1.13. The minimum absolute atomic E-state index is 0.320. The Balaban J connectivity index is 1.70. The first kappa shape index (κ1) is 18.1. The van der Waals surface area contributed by atoms with Crippen LogP contribution >= 0.6 is 0 Å². The van der Waals surface area contributed by atoms with E-state index < -0.39 is 17.9 Å². The predicted molar refractivity (Wildman–Crippen MR) is 99.3 cm³/mol. The number of nitrogens with zero attached hydrogens (tertiary/aromatic N) is 1. The van der Waals surface area contributed by atoms with E-state index in [1.807, 2.05) is 12.1 Å². The summed E-state index contributed by atoms with van der Waals surface area (Å²) < 4.78 is 5.68. The quantitative estimate of drug-likeness (QED) is 0.674. The Bertz CT molecular complexity index is 914. The van der Waals surface area contributed by atoms with Crippen molar-refractivity contribution >= 4 is 11.9 Å². The van der Waals surface area contributed by atoms with Crippen LogP contribution in [0.15, 0.2) is 79.1 Å². The van der Waals surface area contributed by atoms with Gasteiger partial charge in [0.15, 0.2) is 6.04 Å². The van der Waals surface area contributed by atoms with Gasteiger partial charge in [-0.1, -0.05) is 42.5 Å². The van der Waals surface area contributed by atoms with Gasteiger partial charge >= 0.3 is 5.97 Å². The maximum atomic E-state index is 12.5. The molecule has 0 unspecified atom stereocenters. The first-order valence-corrected chi connectivity index (χ1v) is 8.34. The average molecular weight is 362 g/mol. The van der Waals surface area contributed by atoms with E-state index in [2.05, 4.69) is 10.3 Å². The Labute approximate surface area is 156 Å². The molecule has 0 spiro atoms. The maximum absolute atomic E-state index is 12.5. The SMILES string of the molecule is O=C(N[C@@H](C(=O)O)c1ccccc1)c1cccc(OCc2cccnc2)c1. The molecule has 0 saturated carbocycles. The molecule has 0 fully saturated rings. The number of amides is 1. The number of carbonyl (C=O) groups is 2. The number of carbonyl (C=O) groups excluding carboxylic acids is 1. The highest BCUT2D eigenvalue weighted by Crippen LogP contribution is 2.17. The molecular formula is C21H18N2O4. The van der Waals surface area contributed by atoms with Gasteiger partial charge in [-0.25, -0.2) is 4.79 Å². The molecule has 3 rings (SSSR count). The van der Waals surface area contributed by atoms with Crippen molar-refractivity contribution in [1.82, 2.24) is 10.3 Å². The molecule has 0 aliphatic carbocycles. The van der Waals surface area contributed by atoms with E-state index >= 15 is 0 Å². The van der Waals surface area contributed by atoms with Crippen LogP contribution in [0.25, 0.3) is 0 Å². The zero-order chi connectivity index (χ0) is 19.1. The number of hydrogen-bond donors (Lipinski definition) is 2. The molecule has 0 aliphatic rings. The van der Waals surface area contributed by atoms with Crippen molar-refractivity contribution in [2.45, 2.75) is 12.6 Å². The molecule has 1 aromatic heterocycles. The van der Waals surface area contributed by atoms with Gasteiger partial charge in [0, 0.05) is 23.5 Å². The summed E-state index contributed by atoms with van der Waals surface area (Å²) in [5.41, 5.74) is 1.73. The molecule has 0 aliphatic heterocycles. The Morgan fingerprint density at radius 3 is 2.56 bits per heavy atom. The number of hydrogen-bond acceptors (Lipinski definition) is 4. The third-order valence-corrected chi connectivity index (χ3v) is 3.88. The normalized spacial score (nSPS) is 11.4. The lowest BCUT2D eigenvalue weighted by Crippen LogP contribution is -2.33. The van der Waals surface area contributed by atoms with E-state index in [1.165, 1.54) is 0 Å². The van der Waals surface area contributed by atoms with Crippen molar-refractivity contribution in [1.29, 1.82) is 0 Å². The Kier molecular flexibility index (Phi) is 5.79. The fraction of sp³-hybridized carbons (Fsp3) is 0.0952. The van der Waals surface area contributed by atoms with E-state index in [1.54, 1.807) is 67.0 Å². The molecule has 6 heteroatoms. The number of carboxylic acid groups (broad SMARTS) is 1. The fourth-order valence-electron chi connectivity index (χ4n) is 2.52. The maximum Gasteiger partial charge on any atom is 0.330 e. The molecule has 1 amide bonds. The molecule has 2 N–H and O–H groups in total. The molecule has 27 heavy (non-hydrogen) atoms. The second-order valence-corrected chi connectivity index (χ2v) is 5.83. The van der Waals surface area contributed by atoms with Crippen molar-refractivity contribution < 1.29 is 19.4 Å². The molecule has 6 nitrogen and oxygen atoms in total. The van der Waals surface area contributed by atoms with Crippen molar-refractivity contribution in [2.75, 3.05) is 0 Å². The van der Waals surface area contributed by atoms with Gasteiger partial charge in [-0.2, -0.15) is 0 Å². The van der Waals surface area contributed by atoms with Gasteiger partial charge in [-0.3, -0.25) is 9.78 Å². The summed E-state index contributed by atoms with van der Waals surface area (Å²) in [6, 6.07) is 17.7. The lowest BCUT2D eigenvalue weighted by atomic mass is 10.1. The lowest BCUT2D eigenvalue weighted by Gasteiger charge is -2.15. The molecule has 2 aromatic carbocycles. The van der Waals surface area contributed by atoms with Crippen LogP contribution in [0.2, 0.25) is 0 Å². The largest absolute Gasteiger partial charge is 0.489 e. The smallest absolute Gasteiger partial charge is 0.330 e. The van der Waals surface area contributed by atoms with Gasteiger partial charge in [0.2, 0.25) is 0 Å². The van der Waals surface area contributed by atoms with E-state index in [-0.39, 0.29) is 0 Å². The van der Waals surface area contributed by atoms with Crippen LogP contribution < -0.4 is 10.1 Å². The van der Waals surface area contributed by atoms with Crippen molar-refractivity contribution in [3.05, 3.63) is 95.8 Å². The highest BCUT2D eigenvalue weighted by Gasteiger charge is 2.22. The zero-order valence-electron chi connectivity index (χ0n) is 14.4. The van der Waals surface area contributed by atoms with Crippen LogP contribution in [0, 0.1) is 0 Å². The molecule has 3 aromatic rings. The van der Waals surface area contributed by atoms with Crippen LogP contribution in [-0.2, 0) is 11.4 Å². The number of aliphatic carboxylic acids is 1. The van der Waals surface area contributed by atoms with E-state index in [9.17, 15) is 14.7 Å². The summed E-state index contributed by atoms with van der Waals surface area (Å²) in [5, 5.41) is 12.0. The Morgan fingerprint density at radius 1 is 1.04 bits per heavy atom. The fourth-order valence-corrected chi connectivity index (χ4v) is 2.52. The zero-order valence-corrected chi connectivity index (χ0v) is 14.4. The number of aromatic nitrogens is 1. The monoisotopic (exact) mass is 362 g/mol. The number of ether oxygens (including phenoxy) is 1. The summed E-state index contributed by atoms with van der Waals surface area (Å²) in [4.78, 5) is 28.1. The standard InChI is InChI=1S/C21H18N2O4/c24-20(23-19(21(25)26)16-7-2-1-3-8-16)17-9-4-10-18(12-17)27-14-15-6-5-11-22-13-15/h1-13,19H,14H2,(H,23,24)(H,25,26)/t19-/m1/s1. The van der Waals surface area contributed by atoms with Crippen LogP contribution in [0.4, 0.5) is 0 Å². The summed E-state index contributed by atoms with van der Waals surface area (Å²) in [5.74, 6) is -1.10. The molecule has 136 valence electrons. The predicted octanol–water partition coefficient (Wildman–Crippen LogP) is 3.22. The van der Waals surface area contributed by atoms with Crippen molar-refractivity contribution in [3.63, 3.8) is 0 Å². The number of pyridine rings is 1. The van der Waals surface area contributed by atoms with E-state index in [4.69, 9.17) is 4.74 Å². The molecule has 1 atom stereocenters. The van der Waals surface area contributed by atoms with Crippen molar-refractivity contribution in [3.8, 4) is 5.75 Å². The summed E-state index contributed by atoms with van der Waals surface area (Å²) in [6.45, 7) is 0.320. The topological polar surface area (TPSA) is 88.5 Å². The summed E-state index contributed by atoms with van der Waals surface area (Å²) >= 11 is 0. The number of rotatable bonds is 7. The number of benzene rings is 2. The van der Waals surface area contributed by atoms with Crippen molar-refractivity contribution in [2.24, 2.45) is 0 Å².